The lowest BCUT2D eigenvalue weighted by Gasteiger charge is -2.08. The van der Waals surface area contributed by atoms with Crippen LogP contribution in [0.25, 0.3) is 0 Å². The van der Waals surface area contributed by atoms with Crippen LogP contribution in [0.4, 0.5) is 0 Å². The van der Waals surface area contributed by atoms with Gasteiger partial charge < -0.3 is 10.5 Å². The molecule has 1 heterocycles. The third kappa shape index (κ3) is 2.84. The Kier molecular flexibility index (Phi) is 3.56. The first-order chi connectivity index (χ1) is 8.69. The van der Waals surface area contributed by atoms with Gasteiger partial charge in [-0.15, -0.1) is 0 Å². The van der Waals surface area contributed by atoms with Gasteiger partial charge in [-0.05, 0) is 42.8 Å². The molecule has 1 aromatic heterocycles. The van der Waals surface area contributed by atoms with Crippen LogP contribution in [0, 0.1) is 11.3 Å². The number of nitrogens with zero attached hydrogens (tertiary/aromatic N) is 2. The highest BCUT2D eigenvalue weighted by molar-refractivity contribution is 5.36. The van der Waals surface area contributed by atoms with Crippen molar-refractivity contribution in [2.24, 2.45) is 5.73 Å². The zero-order valence-corrected chi connectivity index (χ0v) is 10.00. The molecular formula is C14H13N3O. The normalized spacial score (nSPS) is 11.6. The molecule has 1 aromatic carbocycles. The van der Waals surface area contributed by atoms with Crippen LogP contribution in [0.1, 0.15) is 24.1 Å². The number of ether oxygens (including phenoxy) is 1. The highest BCUT2D eigenvalue weighted by Crippen LogP contribution is 2.21. The van der Waals surface area contributed by atoms with Crippen LogP contribution >= 0.6 is 0 Å². The van der Waals surface area contributed by atoms with Crippen LogP contribution in [0.3, 0.4) is 0 Å². The average Bonchev–Trinajstić information content (AvgIpc) is 2.40. The van der Waals surface area contributed by atoms with Gasteiger partial charge in [0.25, 0.3) is 0 Å². The predicted octanol–water partition coefficient (Wildman–Crippen LogP) is 2.77. The van der Waals surface area contributed by atoms with Gasteiger partial charge in [0, 0.05) is 18.3 Å². The Morgan fingerprint density at radius 2 is 2.00 bits per heavy atom. The number of rotatable bonds is 3. The molecule has 2 N–H and O–H groups in total. The Balaban J connectivity index is 2.18. The second kappa shape index (κ2) is 5.30. The maximum absolute atomic E-state index is 8.70. The van der Waals surface area contributed by atoms with Crippen LogP contribution in [-0.2, 0) is 0 Å². The van der Waals surface area contributed by atoms with Crippen molar-refractivity contribution < 1.29 is 4.74 Å². The van der Waals surface area contributed by atoms with Gasteiger partial charge >= 0.3 is 0 Å². The van der Waals surface area contributed by atoms with E-state index in [0.29, 0.717) is 17.2 Å². The minimum Gasteiger partial charge on any atom is -0.439 e. The van der Waals surface area contributed by atoms with Crippen molar-refractivity contribution in [3.8, 4) is 17.7 Å². The van der Waals surface area contributed by atoms with Crippen LogP contribution < -0.4 is 10.5 Å². The Morgan fingerprint density at radius 1 is 1.28 bits per heavy atom. The first kappa shape index (κ1) is 12.1. The van der Waals surface area contributed by atoms with Gasteiger partial charge in [0.1, 0.15) is 5.75 Å². The molecule has 4 heteroatoms. The summed E-state index contributed by atoms with van der Waals surface area (Å²) in [6.45, 7) is 1.90. The SMILES string of the molecule is C[C@H](N)c1ccnc(Oc2ccc(C#N)cc2)c1. The van der Waals surface area contributed by atoms with Crippen molar-refractivity contribution in [2.75, 3.05) is 0 Å². The van der Waals surface area contributed by atoms with Crippen LogP contribution in [0.5, 0.6) is 11.6 Å². The smallest absolute Gasteiger partial charge is 0.219 e. The Labute approximate surface area is 106 Å². The molecule has 90 valence electrons. The number of benzene rings is 1. The summed E-state index contributed by atoms with van der Waals surface area (Å²) in [5, 5.41) is 8.70. The predicted molar refractivity (Wildman–Crippen MR) is 68.1 cm³/mol. The standard InChI is InChI=1S/C14H13N3O/c1-10(16)12-6-7-17-14(8-12)18-13-4-2-11(9-15)3-5-13/h2-8,10H,16H2,1H3/t10-/m0/s1. The van der Waals surface area contributed by atoms with E-state index in [1.165, 1.54) is 0 Å². The summed E-state index contributed by atoms with van der Waals surface area (Å²) in [6.07, 6.45) is 1.66. The highest BCUT2D eigenvalue weighted by atomic mass is 16.5. The van der Waals surface area contributed by atoms with Gasteiger partial charge in [-0.2, -0.15) is 5.26 Å². The summed E-state index contributed by atoms with van der Waals surface area (Å²) in [6, 6.07) is 12.5. The third-order valence-corrected chi connectivity index (χ3v) is 2.49. The van der Waals surface area contributed by atoms with Crippen molar-refractivity contribution in [3.05, 3.63) is 53.7 Å². The number of nitrogens with two attached hydrogens (primary N) is 1. The minimum atomic E-state index is -0.0590. The van der Waals surface area contributed by atoms with Gasteiger partial charge in [-0.25, -0.2) is 4.98 Å². The Hall–Kier alpha value is -2.38. The largest absolute Gasteiger partial charge is 0.439 e. The molecule has 0 unspecified atom stereocenters. The highest BCUT2D eigenvalue weighted by Gasteiger charge is 2.03. The average molecular weight is 239 g/mol. The monoisotopic (exact) mass is 239 g/mol. The van der Waals surface area contributed by atoms with Gasteiger partial charge in [-0.3, -0.25) is 0 Å². The molecule has 0 radical (unpaired) electrons. The second-order valence-corrected chi connectivity index (χ2v) is 3.95. The summed E-state index contributed by atoms with van der Waals surface area (Å²) in [5.74, 6) is 1.14. The number of hydrogen-bond donors (Lipinski definition) is 1. The lowest BCUT2D eigenvalue weighted by Crippen LogP contribution is -2.05. The summed E-state index contributed by atoms with van der Waals surface area (Å²) in [5.41, 5.74) is 7.36. The molecule has 0 aliphatic rings. The third-order valence-electron chi connectivity index (χ3n) is 2.49. The van der Waals surface area contributed by atoms with E-state index in [0.717, 1.165) is 5.56 Å². The minimum absolute atomic E-state index is 0.0590. The topological polar surface area (TPSA) is 71.9 Å². The van der Waals surface area contributed by atoms with Gasteiger partial charge in [0.05, 0.1) is 11.6 Å². The summed E-state index contributed by atoms with van der Waals surface area (Å²) >= 11 is 0. The van der Waals surface area contributed by atoms with E-state index >= 15 is 0 Å². The maximum atomic E-state index is 8.70. The fourth-order valence-electron chi connectivity index (χ4n) is 1.48. The molecule has 0 aliphatic carbocycles. The molecule has 0 saturated heterocycles. The fourth-order valence-corrected chi connectivity index (χ4v) is 1.48. The Bertz CT molecular complexity index is 570. The van der Waals surface area contributed by atoms with Gasteiger partial charge in [-0.1, -0.05) is 0 Å². The summed E-state index contributed by atoms with van der Waals surface area (Å²) in [4.78, 5) is 4.12. The zero-order valence-electron chi connectivity index (χ0n) is 10.00. The summed E-state index contributed by atoms with van der Waals surface area (Å²) in [7, 11) is 0. The Morgan fingerprint density at radius 3 is 2.61 bits per heavy atom. The van der Waals surface area contributed by atoms with Crippen molar-refractivity contribution in [3.63, 3.8) is 0 Å². The summed E-state index contributed by atoms with van der Waals surface area (Å²) < 4.78 is 5.59. The molecule has 0 aliphatic heterocycles. The van der Waals surface area contributed by atoms with E-state index in [2.05, 4.69) is 11.1 Å². The molecule has 0 saturated carbocycles. The first-order valence-electron chi connectivity index (χ1n) is 5.58. The maximum Gasteiger partial charge on any atom is 0.219 e. The molecule has 0 amide bonds. The molecule has 0 bridgehead atoms. The molecule has 0 spiro atoms. The van der Waals surface area contributed by atoms with E-state index < -0.39 is 0 Å². The van der Waals surface area contributed by atoms with E-state index in [-0.39, 0.29) is 6.04 Å². The van der Waals surface area contributed by atoms with Crippen LogP contribution in [-0.4, -0.2) is 4.98 Å². The molecule has 1 atom stereocenters. The van der Waals surface area contributed by atoms with E-state index in [1.807, 2.05) is 19.1 Å². The van der Waals surface area contributed by atoms with E-state index in [9.17, 15) is 0 Å². The van der Waals surface area contributed by atoms with Crippen molar-refractivity contribution in [1.29, 1.82) is 5.26 Å². The lowest BCUT2D eigenvalue weighted by atomic mass is 10.1. The van der Waals surface area contributed by atoms with E-state index in [1.54, 1.807) is 30.5 Å². The van der Waals surface area contributed by atoms with Gasteiger partial charge in [0.15, 0.2) is 0 Å². The van der Waals surface area contributed by atoms with Gasteiger partial charge in [0.2, 0.25) is 5.88 Å². The van der Waals surface area contributed by atoms with Crippen molar-refractivity contribution >= 4 is 0 Å². The number of aromatic nitrogens is 1. The van der Waals surface area contributed by atoms with Crippen molar-refractivity contribution in [2.45, 2.75) is 13.0 Å². The molecular weight excluding hydrogens is 226 g/mol. The molecule has 2 rings (SSSR count). The molecule has 2 aromatic rings. The lowest BCUT2D eigenvalue weighted by molar-refractivity contribution is 0.461. The zero-order chi connectivity index (χ0) is 13.0. The van der Waals surface area contributed by atoms with Crippen LogP contribution in [0.2, 0.25) is 0 Å². The molecule has 0 fully saturated rings. The first-order valence-corrected chi connectivity index (χ1v) is 5.58. The molecule has 18 heavy (non-hydrogen) atoms. The fraction of sp³-hybridized carbons (Fsp3) is 0.143. The second-order valence-electron chi connectivity index (χ2n) is 3.95. The quantitative estimate of drug-likeness (QED) is 0.893. The van der Waals surface area contributed by atoms with Crippen LogP contribution in [0.15, 0.2) is 42.6 Å². The number of hydrogen-bond acceptors (Lipinski definition) is 4. The number of nitriles is 1. The molecule has 4 nitrogen and oxygen atoms in total. The van der Waals surface area contributed by atoms with Crippen molar-refractivity contribution in [1.82, 2.24) is 4.98 Å². The van der Waals surface area contributed by atoms with E-state index in [4.69, 9.17) is 15.7 Å². The number of pyridine rings is 1.